The Morgan fingerprint density at radius 1 is 1.09 bits per heavy atom. The van der Waals surface area contributed by atoms with Crippen molar-refractivity contribution in [3.05, 3.63) is 71.6 Å². The van der Waals surface area contributed by atoms with Gasteiger partial charge in [-0.1, -0.05) is 24.3 Å². The van der Waals surface area contributed by atoms with E-state index in [0.717, 1.165) is 42.2 Å². The second-order valence-corrected chi connectivity index (χ2v) is 9.20. The Balaban J connectivity index is 1.50. The Bertz CT molecular complexity index is 1320. The van der Waals surface area contributed by atoms with Crippen molar-refractivity contribution in [3.8, 4) is 23.1 Å². The number of aromatic nitrogens is 6. The third-order valence-electron chi connectivity index (χ3n) is 6.62. The van der Waals surface area contributed by atoms with Crippen LogP contribution in [0.3, 0.4) is 0 Å². The van der Waals surface area contributed by atoms with Crippen molar-refractivity contribution in [1.82, 2.24) is 29.3 Å². The number of hydrogen-bond acceptors (Lipinski definition) is 6. The van der Waals surface area contributed by atoms with E-state index in [2.05, 4.69) is 43.1 Å². The molecule has 0 radical (unpaired) electrons. The highest BCUT2D eigenvalue weighted by molar-refractivity contribution is 5.55. The molecule has 0 saturated carbocycles. The van der Waals surface area contributed by atoms with Gasteiger partial charge in [0.1, 0.15) is 17.2 Å². The lowest BCUT2D eigenvalue weighted by atomic mass is 9.87. The molecule has 0 unspecified atom stereocenters. The average molecular weight is 459 g/mol. The van der Waals surface area contributed by atoms with Crippen LogP contribution in [-0.4, -0.2) is 43.5 Å². The molecule has 34 heavy (non-hydrogen) atoms. The average Bonchev–Trinajstić information content (AvgIpc) is 3.50. The highest BCUT2D eigenvalue weighted by Crippen LogP contribution is 2.36. The van der Waals surface area contributed by atoms with Crippen LogP contribution in [0.5, 0.6) is 5.88 Å². The molecule has 0 aliphatic carbocycles. The largest absolute Gasteiger partial charge is 0.479 e. The first-order valence-corrected chi connectivity index (χ1v) is 11.6. The lowest BCUT2D eigenvalue weighted by Crippen LogP contribution is -2.21. The normalized spacial score (nSPS) is 15.9. The molecule has 0 amide bonds. The number of methoxy groups -OCH3 is 2. The molecule has 4 heterocycles. The Morgan fingerprint density at radius 2 is 1.94 bits per heavy atom. The Hall–Kier alpha value is -3.52. The molecule has 0 spiro atoms. The predicted octanol–water partition coefficient (Wildman–Crippen LogP) is 4.65. The fourth-order valence-electron chi connectivity index (χ4n) is 4.48. The number of pyridine rings is 1. The zero-order valence-corrected chi connectivity index (χ0v) is 20.3. The molecule has 0 fully saturated rings. The second-order valence-electron chi connectivity index (χ2n) is 9.20. The third-order valence-corrected chi connectivity index (χ3v) is 6.62. The number of imidazole rings is 1. The van der Waals surface area contributed by atoms with Gasteiger partial charge in [-0.2, -0.15) is 0 Å². The maximum Gasteiger partial charge on any atom is 0.238 e. The molecule has 3 aromatic heterocycles. The van der Waals surface area contributed by atoms with Crippen LogP contribution in [0, 0.1) is 6.92 Å². The number of ether oxygens (including phenoxy) is 2. The molecule has 0 saturated heterocycles. The van der Waals surface area contributed by atoms with Crippen molar-refractivity contribution in [3.63, 3.8) is 0 Å². The van der Waals surface area contributed by atoms with Crippen LogP contribution >= 0.6 is 0 Å². The van der Waals surface area contributed by atoms with Crippen LogP contribution in [0.4, 0.5) is 0 Å². The minimum absolute atomic E-state index is 0.178. The number of benzene rings is 1. The number of fused-ring (bicyclic) bond motifs is 1. The minimum Gasteiger partial charge on any atom is -0.479 e. The molecule has 1 aliphatic heterocycles. The molecule has 4 aromatic rings. The monoisotopic (exact) mass is 458 g/mol. The number of aryl methyl sites for hydroxylation is 2. The van der Waals surface area contributed by atoms with Gasteiger partial charge < -0.3 is 14.0 Å². The second kappa shape index (κ2) is 8.68. The highest BCUT2D eigenvalue weighted by atomic mass is 16.5. The first kappa shape index (κ1) is 22.3. The summed E-state index contributed by atoms with van der Waals surface area (Å²) in [6.45, 7) is 6.97. The van der Waals surface area contributed by atoms with Crippen molar-refractivity contribution in [2.45, 2.75) is 51.7 Å². The van der Waals surface area contributed by atoms with E-state index in [1.165, 1.54) is 5.56 Å². The zero-order chi connectivity index (χ0) is 23.9. The van der Waals surface area contributed by atoms with Crippen LogP contribution in [0.15, 0.2) is 48.9 Å². The van der Waals surface area contributed by atoms with Crippen molar-refractivity contribution in [1.29, 1.82) is 0 Å². The zero-order valence-electron chi connectivity index (χ0n) is 20.3. The van der Waals surface area contributed by atoms with Gasteiger partial charge in [0.15, 0.2) is 5.82 Å². The molecule has 8 nitrogen and oxygen atoms in total. The maximum atomic E-state index is 5.70. The van der Waals surface area contributed by atoms with Gasteiger partial charge in [-0.25, -0.2) is 19.6 Å². The van der Waals surface area contributed by atoms with Crippen molar-refractivity contribution in [2.24, 2.45) is 0 Å². The quantitative estimate of drug-likeness (QED) is 0.418. The molecule has 1 aromatic carbocycles. The molecule has 1 aliphatic rings. The summed E-state index contributed by atoms with van der Waals surface area (Å²) in [5.41, 5.74) is 4.48. The number of nitrogens with zero attached hydrogens (tertiary/aromatic N) is 6. The molecule has 0 bridgehead atoms. The summed E-state index contributed by atoms with van der Waals surface area (Å²) in [5, 5.41) is 4.81. The van der Waals surface area contributed by atoms with Gasteiger partial charge in [0.2, 0.25) is 5.88 Å². The smallest absolute Gasteiger partial charge is 0.238 e. The minimum atomic E-state index is -0.348. The maximum absolute atomic E-state index is 5.70. The van der Waals surface area contributed by atoms with Gasteiger partial charge in [0.05, 0.1) is 24.7 Å². The Morgan fingerprint density at radius 3 is 2.68 bits per heavy atom. The van der Waals surface area contributed by atoms with Gasteiger partial charge in [-0.15, -0.1) is 5.10 Å². The number of rotatable bonds is 6. The van der Waals surface area contributed by atoms with E-state index in [1.54, 1.807) is 20.5 Å². The molecule has 176 valence electrons. The van der Waals surface area contributed by atoms with Crippen LogP contribution < -0.4 is 4.74 Å². The van der Waals surface area contributed by atoms with Gasteiger partial charge in [0.25, 0.3) is 0 Å². The van der Waals surface area contributed by atoms with Gasteiger partial charge in [0, 0.05) is 25.8 Å². The number of hydrogen-bond donors (Lipinski definition) is 0. The summed E-state index contributed by atoms with van der Waals surface area (Å²) in [7, 11) is 3.37. The summed E-state index contributed by atoms with van der Waals surface area (Å²) in [6, 6.07) is 12.5. The van der Waals surface area contributed by atoms with Crippen LogP contribution in [0.2, 0.25) is 0 Å². The molecular formula is C26H30N6O2. The third kappa shape index (κ3) is 3.98. The summed E-state index contributed by atoms with van der Waals surface area (Å²) in [5.74, 6) is 2.28. The molecular weight excluding hydrogens is 428 g/mol. The first-order chi connectivity index (χ1) is 16.4. The summed E-state index contributed by atoms with van der Waals surface area (Å²) in [6.07, 6.45) is 5.78. The predicted molar refractivity (Wildman–Crippen MR) is 129 cm³/mol. The SMILES string of the molecule is COc1nc(-c2nc3n(n2)CCC[C@@H]3c2cccc(C(C)(C)OC)c2)ccc1-n1cnc(C)c1. The van der Waals surface area contributed by atoms with Crippen molar-refractivity contribution >= 4 is 0 Å². The van der Waals surface area contributed by atoms with Crippen LogP contribution in [0.25, 0.3) is 17.2 Å². The van der Waals surface area contributed by atoms with E-state index in [-0.39, 0.29) is 11.5 Å². The van der Waals surface area contributed by atoms with E-state index in [0.29, 0.717) is 17.4 Å². The van der Waals surface area contributed by atoms with Crippen LogP contribution in [0.1, 0.15) is 55.3 Å². The lowest BCUT2D eigenvalue weighted by Gasteiger charge is -2.27. The van der Waals surface area contributed by atoms with E-state index in [9.17, 15) is 0 Å². The van der Waals surface area contributed by atoms with E-state index < -0.39 is 0 Å². The Kier molecular flexibility index (Phi) is 5.69. The van der Waals surface area contributed by atoms with Gasteiger partial charge >= 0.3 is 0 Å². The topological polar surface area (TPSA) is 79.9 Å². The molecule has 1 atom stereocenters. The lowest BCUT2D eigenvalue weighted by molar-refractivity contribution is 0.0191. The van der Waals surface area contributed by atoms with E-state index >= 15 is 0 Å². The highest BCUT2D eigenvalue weighted by Gasteiger charge is 2.28. The summed E-state index contributed by atoms with van der Waals surface area (Å²) >= 11 is 0. The molecule has 8 heteroatoms. The van der Waals surface area contributed by atoms with Crippen molar-refractivity contribution < 1.29 is 9.47 Å². The van der Waals surface area contributed by atoms with Crippen molar-refractivity contribution in [2.75, 3.05) is 14.2 Å². The van der Waals surface area contributed by atoms with Crippen LogP contribution in [-0.2, 0) is 16.9 Å². The fourth-order valence-corrected chi connectivity index (χ4v) is 4.48. The van der Waals surface area contributed by atoms with E-state index in [1.807, 2.05) is 34.5 Å². The summed E-state index contributed by atoms with van der Waals surface area (Å²) in [4.78, 5) is 14.0. The molecule has 0 N–H and O–H groups in total. The van der Waals surface area contributed by atoms with E-state index in [4.69, 9.17) is 24.5 Å². The summed E-state index contributed by atoms with van der Waals surface area (Å²) < 4.78 is 15.2. The van der Waals surface area contributed by atoms with Gasteiger partial charge in [-0.05, 0) is 56.9 Å². The standard InChI is InChI=1S/C26H30N6O2/c1-17-15-31(16-27-17)22-12-11-21(28-25(22)33-4)23-29-24-20(10-7-13-32(24)30-23)18-8-6-9-19(14-18)26(2,3)34-5/h6,8-9,11-12,14-16,20H,7,10,13H2,1-5H3/t20-/m1/s1. The fraction of sp³-hybridized carbons (Fsp3) is 0.385. The molecule has 5 rings (SSSR count). The first-order valence-electron chi connectivity index (χ1n) is 11.6. The Labute approximate surface area is 199 Å². The van der Waals surface area contributed by atoms with Gasteiger partial charge in [-0.3, -0.25) is 0 Å².